The van der Waals surface area contributed by atoms with Gasteiger partial charge in [0.25, 0.3) is 0 Å². The molecule has 3 aromatic rings. The average Bonchev–Trinajstić information content (AvgIpc) is 3.16. The number of fused-ring (bicyclic) bond motifs is 2. The molecule has 5 rings (SSSR count). The van der Waals surface area contributed by atoms with Crippen LogP contribution in [0.25, 0.3) is 22.0 Å². The summed E-state index contributed by atoms with van der Waals surface area (Å²) in [6, 6.07) is 11.4. The molecule has 4 heteroatoms. The molecular formula is C19H20N4. The molecule has 2 saturated heterocycles. The number of rotatable bonds is 2. The van der Waals surface area contributed by atoms with Gasteiger partial charge in [-0.15, -0.1) is 0 Å². The molecular weight excluding hydrogens is 284 g/mol. The molecule has 0 aliphatic carbocycles. The molecule has 2 fully saturated rings. The lowest BCUT2D eigenvalue weighted by Gasteiger charge is -2.40. The third kappa shape index (κ3) is 1.98. The second kappa shape index (κ2) is 4.83. The number of benzene rings is 1. The Morgan fingerprint density at radius 3 is 2.91 bits per heavy atom. The van der Waals surface area contributed by atoms with Gasteiger partial charge in [-0.1, -0.05) is 18.2 Å². The Bertz CT molecular complexity index is 868. The van der Waals surface area contributed by atoms with Gasteiger partial charge in [-0.25, -0.2) is 0 Å². The normalized spacial score (nSPS) is 24.0. The topological polar surface area (TPSA) is 35.2 Å². The lowest BCUT2D eigenvalue weighted by atomic mass is 9.93. The van der Waals surface area contributed by atoms with Crippen molar-refractivity contribution in [2.45, 2.75) is 6.04 Å². The molecule has 2 aromatic heterocycles. The van der Waals surface area contributed by atoms with Gasteiger partial charge >= 0.3 is 0 Å². The molecule has 1 N–H and O–H groups in total. The molecule has 4 nitrogen and oxygen atoms in total. The molecule has 4 heterocycles. The number of aromatic nitrogens is 2. The lowest BCUT2D eigenvalue weighted by Crippen LogP contribution is -2.52. The fraction of sp³-hybridized carbons (Fsp3) is 0.316. The highest BCUT2D eigenvalue weighted by Crippen LogP contribution is 2.35. The zero-order valence-corrected chi connectivity index (χ0v) is 13.2. The number of pyridine rings is 1. The summed E-state index contributed by atoms with van der Waals surface area (Å²) in [6.45, 7) is 3.52. The minimum absolute atomic E-state index is 0.728. The second-order valence-electron chi connectivity index (χ2n) is 6.85. The van der Waals surface area contributed by atoms with E-state index in [-0.39, 0.29) is 0 Å². The molecule has 0 unspecified atom stereocenters. The van der Waals surface area contributed by atoms with Crippen LogP contribution >= 0.6 is 0 Å². The first-order valence-electron chi connectivity index (χ1n) is 8.26. The van der Waals surface area contributed by atoms with E-state index in [1.165, 1.54) is 34.3 Å². The number of hydrogen-bond donors (Lipinski definition) is 1. The van der Waals surface area contributed by atoms with Crippen molar-refractivity contribution < 1.29 is 0 Å². The number of likely N-dealkylation sites (N-methyl/N-ethyl adjacent to an activating group) is 1. The highest BCUT2D eigenvalue weighted by molar-refractivity contribution is 5.95. The van der Waals surface area contributed by atoms with Crippen LogP contribution in [0.4, 0.5) is 5.69 Å². The van der Waals surface area contributed by atoms with Crippen molar-refractivity contribution in [3.63, 3.8) is 0 Å². The van der Waals surface area contributed by atoms with Crippen molar-refractivity contribution in [3.8, 4) is 11.1 Å². The molecule has 2 aliphatic heterocycles. The van der Waals surface area contributed by atoms with E-state index in [0.29, 0.717) is 0 Å². The van der Waals surface area contributed by atoms with E-state index in [9.17, 15) is 0 Å². The van der Waals surface area contributed by atoms with Gasteiger partial charge in [0.05, 0.1) is 11.9 Å². The van der Waals surface area contributed by atoms with Crippen LogP contribution in [0.15, 0.2) is 48.9 Å². The minimum Gasteiger partial charge on any atom is -0.368 e. The van der Waals surface area contributed by atoms with Crippen molar-refractivity contribution in [2.24, 2.45) is 5.92 Å². The van der Waals surface area contributed by atoms with Crippen molar-refractivity contribution in [3.05, 3.63) is 48.9 Å². The molecule has 23 heavy (non-hydrogen) atoms. The van der Waals surface area contributed by atoms with E-state index in [2.05, 4.69) is 63.3 Å². The number of H-pyrrole nitrogens is 1. The first-order valence-corrected chi connectivity index (χ1v) is 8.26. The summed E-state index contributed by atoms with van der Waals surface area (Å²) < 4.78 is 0. The van der Waals surface area contributed by atoms with Crippen molar-refractivity contribution >= 4 is 16.6 Å². The van der Waals surface area contributed by atoms with Crippen LogP contribution in [0.5, 0.6) is 0 Å². The van der Waals surface area contributed by atoms with Crippen LogP contribution in [0.3, 0.4) is 0 Å². The van der Waals surface area contributed by atoms with E-state index in [0.717, 1.165) is 25.0 Å². The van der Waals surface area contributed by atoms with E-state index >= 15 is 0 Å². The molecule has 0 spiro atoms. The molecule has 1 aromatic carbocycles. The smallest absolute Gasteiger partial charge is 0.0559 e. The van der Waals surface area contributed by atoms with Gasteiger partial charge in [-0.3, -0.25) is 4.98 Å². The number of nitrogens with one attached hydrogen (secondary N) is 1. The zero-order valence-electron chi connectivity index (χ0n) is 13.2. The van der Waals surface area contributed by atoms with Gasteiger partial charge in [0.1, 0.15) is 0 Å². The van der Waals surface area contributed by atoms with Crippen LogP contribution in [0.1, 0.15) is 0 Å². The van der Waals surface area contributed by atoms with Crippen molar-refractivity contribution in [1.29, 1.82) is 0 Å². The third-order valence-electron chi connectivity index (χ3n) is 5.48. The summed E-state index contributed by atoms with van der Waals surface area (Å²) in [5.74, 6) is 0.830. The molecule has 0 saturated carbocycles. The third-order valence-corrected chi connectivity index (χ3v) is 5.48. The SMILES string of the molecule is CN1C[C@@H]2CN(c3cncc(-c4c[nH]c5ccccc45)c3)C[C@H]21. The first kappa shape index (κ1) is 13.1. The maximum absolute atomic E-state index is 4.51. The van der Waals surface area contributed by atoms with E-state index in [1.54, 1.807) is 0 Å². The van der Waals surface area contributed by atoms with E-state index < -0.39 is 0 Å². The zero-order chi connectivity index (χ0) is 15.4. The monoisotopic (exact) mass is 304 g/mol. The number of hydrogen-bond acceptors (Lipinski definition) is 3. The van der Waals surface area contributed by atoms with Gasteiger partial charge in [0.15, 0.2) is 0 Å². The number of anilines is 1. The minimum atomic E-state index is 0.728. The van der Waals surface area contributed by atoms with Crippen LogP contribution < -0.4 is 4.90 Å². The average molecular weight is 304 g/mol. The van der Waals surface area contributed by atoms with Crippen molar-refractivity contribution in [1.82, 2.24) is 14.9 Å². The van der Waals surface area contributed by atoms with Crippen LogP contribution in [-0.4, -0.2) is 47.6 Å². The van der Waals surface area contributed by atoms with Gasteiger partial charge in [0, 0.05) is 66.0 Å². The Hall–Kier alpha value is -2.33. The number of nitrogens with zero attached hydrogens (tertiary/aromatic N) is 3. The summed E-state index contributed by atoms with van der Waals surface area (Å²) in [6.07, 6.45) is 6.06. The van der Waals surface area contributed by atoms with Crippen LogP contribution in [0.2, 0.25) is 0 Å². The van der Waals surface area contributed by atoms with Gasteiger partial charge in [-0.05, 0) is 19.2 Å². The predicted molar refractivity (Wildman–Crippen MR) is 93.7 cm³/mol. The summed E-state index contributed by atoms with van der Waals surface area (Å²) >= 11 is 0. The molecule has 2 atom stereocenters. The molecule has 0 amide bonds. The lowest BCUT2D eigenvalue weighted by molar-refractivity contribution is 0.0827. The summed E-state index contributed by atoms with van der Waals surface area (Å²) in [5.41, 5.74) is 4.84. The van der Waals surface area contributed by atoms with Crippen LogP contribution in [0, 0.1) is 5.92 Å². The Kier molecular flexibility index (Phi) is 2.76. The van der Waals surface area contributed by atoms with Crippen molar-refractivity contribution in [2.75, 3.05) is 31.6 Å². The second-order valence-corrected chi connectivity index (χ2v) is 6.85. The molecule has 0 radical (unpaired) electrons. The Balaban J connectivity index is 1.51. The first-order chi connectivity index (χ1) is 11.3. The predicted octanol–water partition coefficient (Wildman–Crippen LogP) is 2.98. The van der Waals surface area contributed by atoms with Gasteiger partial charge < -0.3 is 14.8 Å². The number of aromatic amines is 1. The largest absolute Gasteiger partial charge is 0.368 e. The standard InChI is InChI=1S/C19H20N4/c1-22-10-14-11-23(12-19(14)22)15-6-13(7-20-8-15)17-9-21-18-5-3-2-4-16(17)18/h2-9,14,19,21H,10-12H2,1H3/t14-,19-/m1/s1. The number of para-hydroxylation sites is 1. The molecule has 0 bridgehead atoms. The van der Waals surface area contributed by atoms with E-state index in [4.69, 9.17) is 0 Å². The fourth-order valence-electron chi connectivity index (χ4n) is 4.17. The molecule has 2 aliphatic rings. The highest BCUT2D eigenvalue weighted by Gasteiger charge is 2.43. The molecule has 116 valence electrons. The van der Waals surface area contributed by atoms with E-state index in [1.807, 2.05) is 12.4 Å². The summed E-state index contributed by atoms with van der Waals surface area (Å²) in [7, 11) is 2.23. The Morgan fingerprint density at radius 1 is 1.13 bits per heavy atom. The highest BCUT2D eigenvalue weighted by atomic mass is 15.3. The summed E-state index contributed by atoms with van der Waals surface area (Å²) in [5, 5.41) is 1.26. The summed E-state index contributed by atoms with van der Waals surface area (Å²) in [4.78, 5) is 12.8. The van der Waals surface area contributed by atoms with Gasteiger partial charge in [0.2, 0.25) is 0 Å². The Morgan fingerprint density at radius 2 is 2.04 bits per heavy atom. The number of likely N-dealkylation sites (tertiary alicyclic amines) is 1. The fourth-order valence-corrected chi connectivity index (χ4v) is 4.17. The maximum atomic E-state index is 4.51. The van der Waals surface area contributed by atoms with Crippen LogP contribution in [-0.2, 0) is 0 Å². The maximum Gasteiger partial charge on any atom is 0.0559 e. The Labute approximate surface area is 135 Å². The quantitative estimate of drug-likeness (QED) is 0.790. The van der Waals surface area contributed by atoms with Gasteiger partial charge in [-0.2, -0.15) is 0 Å².